The van der Waals surface area contributed by atoms with Crippen LogP contribution in [0.3, 0.4) is 0 Å². The Labute approximate surface area is 298 Å². The molecule has 0 bridgehead atoms. The molecule has 0 saturated carbocycles. The number of benzene rings is 2. The van der Waals surface area contributed by atoms with Crippen LogP contribution in [-0.2, 0) is 42.3 Å². The van der Waals surface area contributed by atoms with Gasteiger partial charge in [0, 0.05) is 53.7 Å². The third kappa shape index (κ3) is 6.54. The van der Waals surface area contributed by atoms with Gasteiger partial charge in [0.2, 0.25) is 11.8 Å². The first-order chi connectivity index (χ1) is 24.9. The van der Waals surface area contributed by atoms with Crippen LogP contribution in [0, 0.1) is 30.6 Å². The minimum absolute atomic E-state index is 0.197. The molecule has 0 radical (unpaired) electrons. The summed E-state index contributed by atoms with van der Waals surface area (Å²) < 4.78 is 9.97. The molecule has 2 aromatic carbocycles. The molecule has 1 unspecified atom stereocenters. The highest BCUT2D eigenvalue weighted by Crippen LogP contribution is 2.35. The van der Waals surface area contributed by atoms with Gasteiger partial charge in [-0.1, -0.05) is 65.2 Å². The molecule has 3 aromatic heterocycles. The van der Waals surface area contributed by atoms with E-state index in [2.05, 4.69) is 68.6 Å². The number of unbranched alkanes of at least 4 members (excludes halogenated alkanes) is 1. The average Bonchev–Trinajstić information content (AvgIpc) is 3.87. The van der Waals surface area contributed by atoms with Crippen LogP contribution < -0.4 is 10.1 Å². The summed E-state index contributed by atoms with van der Waals surface area (Å²) >= 11 is 1.70. The minimum atomic E-state index is -0.647. The lowest BCUT2D eigenvalue weighted by Gasteiger charge is -2.29. The van der Waals surface area contributed by atoms with Crippen molar-refractivity contribution >= 4 is 29.1 Å². The Morgan fingerprint density at radius 1 is 1.00 bits per heavy atom. The number of aromatic nitrogens is 5. The first-order valence-corrected chi connectivity index (χ1v) is 17.7. The Bertz CT molecular complexity index is 2310. The molecule has 1 N–H and O–H groups in total. The van der Waals surface area contributed by atoms with Gasteiger partial charge in [-0.15, -0.1) is 16.4 Å². The van der Waals surface area contributed by atoms with Crippen LogP contribution in [-0.4, -0.2) is 53.2 Å². The predicted molar refractivity (Wildman–Crippen MR) is 189 cm³/mol. The largest absolute Gasteiger partial charge is 0.459 e. The number of carbonyl (C=O) groups is 3. The van der Waals surface area contributed by atoms with Gasteiger partial charge in [-0.05, 0) is 55.0 Å². The van der Waals surface area contributed by atoms with E-state index in [4.69, 9.17) is 4.74 Å². The number of thiophene rings is 1. The standard InChI is InChI=1S/C39H33N7O4S/c1-25-42-43-39-45(25)23-35-32(24-50-39)30(19-26-9-4-2-5-10-26)34(51-35)16-14-27-20-40-44(21-27)18-7-3-6-11-28-12-8-13-29-31(28)22-46(38(29)49)33-15-17-36(47)41-37(33)48/h2,4-5,8-10,12-13,20-21,33H,3,7,15,17-19,22-24H2,1H3,(H,41,47,48). The Kier molecular flexibility index (Phi) is 8.68. The van der Waals surface area contributed by atoms with E-state index in [-0.39, 0.29) is 18.2 Å². The van der Waals surface area contributed by atoms with Crippen molar-refractivity contribution in [3.63, 3.8) is 0 Å². The number of piperidine rings is 1. The van der Waals surface area contributed by atoms with Crippen molar-refractivity contribution in [2.24, 2.45) is 0 Å². The second kappa shape index (κ2) is 13.7. The lowest BCUT2D eigenvalue weighted by Crippen LogP contribution is -2.52. The molecule has 3 aliphatic heterocycles. The number of ether oxygens (including phenoxy) is 1. The molecule has 1 fully saturated rings. The van der Waals surface area contributed by atoms with E-state index < -0.39 is 11.9 Å². The number of nitrogens with one attached hydrogen (secondary N) is 1. The van der Waals surface area contributed by atoms with Gasteiger partial charge in [-0.3, -0.25) is 28.9 Å². The van der Waals surface area contributed by atoms with Crippen molar-refractivity contribution in [3.05, 3.63) is 115 Å². The second-order valence-electron chi connectivity index (χ2n) is 12.8. The van der Waals surface area contributed by atoms with Crippen LogP contribution in [0.1, 0.15) is 85.0 Å². The molecule has 0 aliphatic carbocycles. The number of amides is 3. The van der Waals surface area contributed by atoms with E-state index in [0.29, 0.717) is 50.7 Å². The summed E-state index contributed by atoms with van der Waals surface area (Å²) in [6, 6.07) is 15.8. The summed E-state index contributed by atoms with van der Waals surface area (Å²) in [5.74, 6) is 13.2. The van der Waals surface area contributed by atoms with E-state index in [1.807, 2.05) is 40.6 Å². The van der Waals surface area contributed by atoms with E-state index in [0.717, 1.165) is 40.2 Å². The van der Waals surface area contributed by atoms with Crippen molar-refractivity contribution in [3.8, 4) is 29.7 Å². The van der Waals surface area contributed by atoms with Gasteiger partial charge in [-0.2, -0.15) is 5.10 Å². The number of hydrogen-bond donors (Lipinski definition) is 1. The van der Waals surface area contributed by atoms with Crippen LogP contribution in [0.2, 0.25) is 0 Å². The molecule has 0 spiro atoms. The van der Waals surface area contributed by atoms with Gasteiger partial charge in [-0.25, -0.2) is 0 Å². The fourth-order valence-corrected chi connectivity index (χ4v) is 7.90. The summed E-state index contributed by atoms with van der Waals surface area (Å²) in [5, 5.41) is 15.3. The highest BCUT2D eigenvalue weighted by Gasteiger charge is 2.39. The van der Waals surface area contributed by atoms with Crippen LogP contribution in [0.5, 0.6) is 6.01 Å². The molecule has 1 saturated heterocycles. The Morgan fingerprint density at radius 2 is 1.88 bits per heavy atom. The molecule has 6 heterocycles. The lowest BCUT2D eigenvalue weighted by molar-refractivity contribution is -0.136. The number of aryl methyl sites for hydroxylation is 2. The molecule has 254 valence electrons. The lowest BCUT2D eigenvalue weighted by atomic mass is 10.0. The van der Waals surface area contributed by atoms with Crippen molar-refractivity contribution < 1.29 is 19.1 Å². The van der Waals surface area contributed by atoms with Crippen LogP contribution >= 0.6 is 11.3 Å². The highest BCUT2D eigenvalue weighted by molar-refractivity contribution is 7.13. The first kappa shape index (κ1) is 32.2. The Morgan fingerprint density at radius 3 is 2.75 bits per heavy atom. The summed E-state index contributed by atoms with van der Waals surface area (Å²) in [7, 11) is 0. The third-order valence-electron chi connectivity index (χ3n) is 9.42. The zero-order chi connectivity index (χ0) is 34.9. The third-order valence-corrected chi connectivity index (χ3v) is 10.6. The molecule has 5 aromatic rings. The maximum atomic E-state index is 13.1. The number of rotatable bonds is 6. The number of nitrogens with zero attached hydrogens (tertiary/aromatic N) is 6. The fraction of sp³-hybridized carbons (Fsp3) is 0.282. The van der Waals surface area contributed by atoms with Crippen LogP contribution in [0.4, 0.5) is 0 Å². The molecule has 3 aliphatic rings. The van der Waals surface area contributed by atoms with Gasteiger partial charge in [0.1, 0.15) is 18.5 Å². The summed E-state index contributed by atoms with van der Waals surface area (Å²) in [4.78, 5) is 40.9. The zero-order valence-corrected chi connectivity index (χ0v) is 28.8. The van der Waals surface area contributed by atoms with Gasteiger partial charge in [0.05, 0.1) is 23.2 Å². The molecular formula is C39H33N7O4S. The van der Waals surface area contributed by atoms with Crippen molar-refractivity contribution in [2.45, 2.75) is 71.3 Å². The zero-order valence-electron chi connectivity index (χ0n) is 27.9. The monoisotopic (exact) mass is 695 g/mol. The predicted octanol–water partition coefficient (Wildman–Crippen LogP) is 4.37. The molecule has 11 nitrogen and oxygen atoms in total. The maximum Gasteiger partial charge on any atom is 0.317 e. The summed E-state index contributed by atoms with van der Waals surface area (Å²) in [6.45, 7) is 4.02. The number of fused-ring (bicyclic) bond motifs is 3. The summed E-state index contributed by atoms with van der Waals surface area (Å²) in [6.07, 6.45) is 6.52. The summed E-state index contributed by atoms with van der Waals surface area (Å²) in [5.41, 5.74) is 6.60. The van der Waals surface area contributed by atoms with Gasteiger partial charge < -0.3 is 9.64 Å². The topological polar surface area (TPSA) is 124 Å². The quantitative estimate of drug-likeness (QED) is 0.159. The van der Waals surface area contributed by atoms with E-state index in [1.54, 1.807) is 28.5 Å². The van der Waals surface area contributed by atoms with Gasteiger partial charge in [0.25, 0.3) is 5.91 Å². The smallest absolute Gasteiger partial charge is 0.317 e. The Hall–Kier alpha value is -5.98. The van der Waals surface area contributed by atoms with E-state index in [9.17, 15) is 14.4 Å². The van der Waals surface area contributed by atoms with E-state index in [1.165, 1.54) is 21.6 Å². The van der Waals surface area contributed by atoms with E-state index >= 15 is 0 Å². The number of hydrogen-bond acceptors (Lipinski definition) is 8. The molecule has 51 heavy (non-hydrogen) atoms. The number of imide groups is 1. The van der Waals surface area contributed by atoms with Crippen molar-refractivity contribution in [1.82, 2.24) is 34.8 Å². The maximum absolute atomic E-state index is 13.1. The molecule has 8 rings (SSSR count). The molecular weight excluding hydrogens is 663 g/mol. The molecule has 3 amide bonds. The molecule has 1 atom stereocenters. The average molecular weight is 696 g/mol. The minimum Gasteiger partial charge on any atom is -0.459 e. The highest BCUT2D eigenvalue weighted by atomic mass is 32.1. The second-order valence-corrected chi connectivity index (χ2v) is 13.9. The Balaban J connectivity index is 0.925. The first-order valence-electron chi connectivity index (χ1n) is 16.9. The SMILES string of the molecule is Cc1nnc2n1Cc1sc(C#Cc3cnn(CCCC#Cc4cccc5c4CN(C4CCC(=O)NC4=O)C5=O)c3)c(Cc3ccccc3)c1CO2. The van der Waals surface area contributed by atoms with Crippen molar-refractivity contribution in [2.75, 3.05) is 0 Å². The van der Waals surface area contributed by atoms with Gasteiger partial charge >= 0.3 is 6.01 Å². The fourth-order valence-electron chi connectivity index (χ4n) is 6.73. The number of carbonyl (C=O) groups excluding carboxylic acids is 3. The molecule has 12 heteroatoms. The van der Waals surface area contributed by atoms with Crippen LogP contribution in [0.25, 0.3) is 0 Å². The van der Waals surface area contributed by atoms with Gasteiger partial charge in [0.15, 0.2) is 0 Å². The van der Waals surface area contributed by atoms with Crippen molar-refractivity contribution in [1.29, 1.82) is 0 Å². The van der Waals surface area contributed by atoms with Crippen LogP contribution in [0.15, 0.2) is 60.9 Å². The normalized spacial score (nSPS) is 16.1.